The normalized spacial score (nSPS) is 14.5. The average Bonchev–Trinajstić information content (AvgIpc) is 3.79. The van der Waals surface area contributed by atoms with Crippen LogP contribution in [0, 0.1) is 0 Å². The van der Waals surface area contributed by atoms with E-state index in [9.17, 15) is 0 Å². The molecule has 1 spiro atoms. The van der Waals surface area contributed by atoms with Gasteiger partial charge in [0.05, 0.1) is 16.8 Å². The number of rotatable bonds is 5. The Labute approximate surface area is 343 Å². The van der Waals surface area contributed by atoms with Crippen molar-refractivity contribution in [1.82, 2.24) is 9.97 Å². The summed E-state index contributed by atoms with van der Waals surface area (Å²) in [5, 5.41) is 2.54. The summed E-state index contributed by atoms with van der Waals surface area (Å²) in [4.78, 5) is 10.8. The molecule has 0 amide bonds. The van der Waals surface area contributed by atoms with Gasteiger partial charge in [-0.1, -0.05) is 194 Å². The standard InChI is InChI=1S/C57H36N2/c1-3-15-37(16-4-1)40-20-13-22-42(33-40)53-36-54(43-23-14-21-41(34-43)38-17-5-2-6-18-38)59-56(58-53)44-29-31-47-46-25-9-11-27-49(46)57(52(47)35-44)50-28-12-10-26-48(50)55-45-24-8-7-19-39(45)30-32-51(55)57/h1-36H. The summed E-state index contributed by atoms with van der Waals surface area (Å²) in [6.07, 6.45) is 0. The molecule has 0 N–H and O–H groups in total. The number of hydrogen-bond donors (Lipinski definition) is 0. The van der Waals surface area contributed by atoms with Crippen LogP contribution in [0.5, 0.6) is 0 Å². The second kappa shape index (κ2) is 13.2. The minimum atomic E-state index is -0.494. The van der Waals surface area contributed by atoms with Gasteiger partial charge in [0, 0.05) is 16.7 Å². The first-order chi connectivity index (χ1) is 29.2. The van der Waals surface area contributed by atoms with Crippen LogP contribution in [-0.2, 0) is 5.41 Å². The molecule has 12 rings (SSSR count). The van der Waals surface area contributed by atoms with Gasteiger partial charge in [0.25, 0.3) is 0 Å². The lowest BCUT2D eigenvalue weighted by molar-refractivity contribution is 0.794. The smallest absolute Gasteiger partial charge is 0.160 e. The number of nitrogens with zero attached hydrogens (tertiary/aromatic N) is 2. The highest BCUT2D eigenvalue weighted by Crippen LogP contribution is 2.64. The molecule has 1 heterocycles. The molecule has 2 heteroatoms. The number of hydrogen-bond acceptors (Lipinski definition) is 2. The van der Waals surface area contributed by atoms with E-state index < -0.39 is 5.41 Å². The first-order valence-electron chi connectivity index (χ1n) is 20.3. The molecule has 274 valence electrons. The van der Waals surface area contributed by atoms with Crippen LogP contribution in [0.15, 0.2) is 218 Å². The van der Waals surface area contributed by atoms with Gasteiger partial charge in [-0.25, -0.2) is 9.97 Å². The zero-order valence-electron chi connectivity index (χ0n) is 32.2. The van der Waals surface area contributed by atoms with Crippen molar-refractivity contribution >= 4 is 10.8 Å². The third-order valence-electron chi connectivity index (χ3n) is 12.5. The summed E-state index contributed by atoms with van der Waals surface area (Å²) in [6.45, 7) is 0. The van der Waals surface area contributed by atoms with Gasteiger partial charge in [-0.15, -0.1) is 0 Å². The van der Waals surface area contributed by atoms with E-state index in [4.69, 9.17) is 9.97 Å². The third-order valence-corrected chi connectivity index (χ3v) is 12.5. The quantitative estimate of drug-likeness (QED) is 0.175. The zero-order valence-corrected chi connectivity index (χ0v) is 32.2. The van der Waals surface area contributed by atoms with Crippen molar-refractivity contribution in [2.24, 2.45) is 0 Å². The van der Waals surface area contributed by atoms with E-state index in [1.54, 1.807) is 0 Å². The molecule has 0 saturated heterocycles. The predicted octanol–water partition coefficient (Wildman–Crippen LogP) is 14.3. The van der Waals surface area contributed by atoms with E-state index in [0.717, 1.165) is 39.2 Å². The Kier molecular flexibility index (Phi) is 7.48. The van der Waals surface area contributed by atoms with Crippen LogP contribution in [0.3, 0.4) is 0 Å². The molecule has 2 nitrogen and oxygen atoms in total. The van der Waals surface area contributed by atoms with E-state index >= 15 is 0 Å². The molecule has 1 atom stereocenters. The minimum Gasteiger partial charge on any atom is -0.228 e. The Morgan fingerprint density at radius 1 is 0.288 bits per heavy atom. The fourth-order valence-electron chi connectivity index (χ4n) is 9.90. The molecule has 0 bridgehead atoms. The van der Waals surface area contributed by atoms with Crippen LogP contribution in [0.25, 0.3) is 89.2 Å². The Morgan fingerprint density at radius 3 is 1.49 bits per heavy atom. The average molecular weight is 749 g/mol. The van der Waals surface area contributed by atoms with Gasteiger partial charge in [0.1, 0.15) is 0 Å². The van der Waals surface area contributed by atoms with Gasteiger partial charge in [-0.3, -0.25) is 0 Å². The minimum absolute atomic E-state index is 0.494. The van der Waals surface area contributed by atoms with Crippen LogP contribution in [0.2, 0.25) is 0 Å². The van der Waals surface area contributed by atoms with E-state index in [0.29, 0.717) is 5.82 Å². The lowest BCUT2D eigenvalue weighted by Crippen LogP contribution is -2.25. The summed E-state index contributed by atoms with van der Waals surface area (Å²) < 4.78 is 0. The van der Waals surface area contributed by atoms with Gasteiger partial charge < -0.3 is 0 Å². The molecule has 0 aliphatic heterocycles. The molecule has 1 aromatic heterocycles. The molecule has 0 radical (unpaired) electrons. The van der Waals surface area contributed by atoms with Gasteiger partial charge in [0.15, 0.2) is 5.82 Å². The van der Waals surface area contributed by atoms with E-state index in [1.807, 2.05) is 0 Å². The van der Waals surface area contributed by atoms with Crippen molar-refractivity contribution in [3.8, 4) is 78.4 Å². The molecule has 10 aromatic rings. The fourth-order valence-corrected chi connectivity index (χ4v) is 9.90. The van der Waals surface area contributed by atoms with Crippen molar-refractivity contribution in [1.29, 1.82) is 0 Å². The molecule has 0 fully saturated rings. The van der Waals surface area contributed by atoms with Crippen LogP contribution >= 0.6 is 0 Å². The molecule has 2 aliphatic rings. The molecule has 2 aliphatic carbocycles. The van der Waals surface area contributed by atoms with Gasteiger partial charge >= 0.3 is 0 Å². The second-order valence-electron chi connectivity index (χ2n) is 15.7. The zero-order chi connectivity index (χ0) is 38.9. The molecular weight excluding hydrogens is 713 g/mol. The van der Waals surface area contributed by atoms with Crippen LogP contribution < -0.4 is 0 Å². The Bertz CT molecular complexity index is 3170. The highest BCUT2D eigenvalue weighted by molar-refractivity contribution is 6.06. The third kappa shape index (κ3) is 5.13. The number of benzene rings is 9. The molecule has 9 aromatic carbocycles. The first-order valence-corrected chi connectivity index (χ1v) is 20.3. The fraction of sp³-hybridized carbons (Fsp3) is 0.0175. The van der Waals surface area contributed by atoms with Gasteiger partial charge in [-0.05, 0) is 102 Å². The molecule has 59 heavy (non-hydrogen) atoms. The van der Waals surface area contributed by atoms with E-state index in [2.05, 4.69) is 218 Å². The molecular formula is C57H36N2. The number of aromatic nitrogens is 2. The maximum atomic E-state index is 5.42. The summed E-state index contributed by atoms with van der Waals surface area (Å²) in [7, 11) is 0. The SMILES string of the molecule is c1ccc(-c2cccc(-c3cc(-c4cccc(-c5ccccc5)c4)nc(-c4ccc5c(c4)C4(c6ccccc6-5)c5ccccc5-c5c4ccc4ccccc54)n3)c2)cc1. The van der Waals surface area contributed by atoms with Gasteiger partial charge in [0.2, 0.25) is 0 Å². The Hall–Kier alpha value is -7.68. The van der Waals surface area contributed by atoms with Crippen molar-refractivity contribution in [2.75, 3.05) is 0 Å². The summed E-state index contributed by atoms with van der Waals surface area (Å²) in [5.41, 5.74) is 19.4. The van der Waals surface area contributed by atoms with Gasteiger partial charge in [-0.2, -0.15) is 0 Å². The molecule has 0 saturated carbocycles. The predicted molar refractivity (Wildman–Crippen MR) is 243 cm³/mol. The van der Waals surface area contributed by atoms with Crippen molar-refractivity contribution in [3.63, 3.8) is 0 Å². The van der Waals surface area contributed by atoms with Crippen LogP contribution in [-0.4, -0.2) is 9.97 Å². The van der Waals surface area contributed by atoms with Crippen molar-refractivity contribution < 1.29 is 0 Å². The number of fused-ring (bicyclic) bond motifs is 12. The maximum Gasteiger partial charge on any atom is 0.160 e. The lowest BCUT2D eigenvalue weighted by Gasteiger charge is -2.30. The van der Waals surface area contributed by atoms with E-state index in [1.165, 1.54) is 66.4 Å². The Morgan fingerprint density at radius 2 is 0.814 bits per heavy atom. The topological polar surface area (TPSA) is 25.8 Å². The maximum absolute atomic E-state index is 5.42. The molecule has 1 unspecified atom stereocenters. The van der Waals surface area contributed by atoms with Crippen molar-refractivity contribution in [2.45, 2.75) is 5.41 Å². The first kappa shape index (κ1) is 33.5. The highest BCUT2D eigenvalue weighted by Gasteiger charge is 2.52. The highest BCUT2D eigenvalue weighted by atomic mass is 14.9. The van der Waals surface area contributed by atoms with Crippen LogP contribution in [0.4, 0.5) is 0 Å². The Balaban J connectivity index is 1.09. The summed E-state index contributed by atoms with van der Waals surface area (Å²) in [5.74, 6) is 0.701. The summed E-state index contributed by atoms with van der Waals surface area (Å²) in [6, 6.07) is 79.1. The second-order valence-corrected chi connectivity index (χ2v) is 15.7. The van der Waals surface area contributed by atoms with Crippen LogP contribution in [0.1, 0.15) is 22.3 Å². The van der Waals surface area contributed by atoms with E-state index in [-0.39, 0.29) is 0 Å². The lowest BCUT2D eigenvalue weighted by atomic mass is 9.70. The summed E-state index contributed by atoms with van der Waals surface area (Å²) >= 11 is 0. The monoisotopic (exact) mass is 748 g/mol. The largest absolute Gasteiger partial charge is 0.228 e. The van der Waals surface area contributed by atoms with Crippen molar-refractivity contribution in [3.05, 3.63) is 241 Å².